The Labute approximate surface area is 85.9 Å². The third kappa shape index (κ3) is 2.76. The van der Waals surface area contributed by atoms with Crippen molar-refractivity contribution in [1.82, 2.24) is 15.2 Å². The zero-order valence-corrected chi connectivity index (χ0v) is 8.39. The zero-order valence-electron chi connectivity index (χ0n) is 8.39. The summed E-state index contributed by atoms with van der Waals surface area (Å²) in [5.74, 6) is -2.57. The molecule has 0 spiro atoms. The van der Waals surface area contributed by atoms with Gasteiger partial charge in [0.1, 0.15) is 6.33 Å². The average Bonchev–Trinajstić information content (AvgIpc) is 2.67. The second-order valence-corrected chi connectivity index (χ2v) is 3.24. The van der Waals surface area contributed by atoms with E-state index in [9.17, 15) is 9.59 Å². The fourth-order valence-corrected chi connectivity index (χ4v) is 0.937. The van der Waals surface area contributed by atoms with E-state index in [-0.39, 0.29) is 5.95 Å². The molecule has 1 aromatic heterocycles. The smallest absolute Gasteiger partial charge is 0.307 e. The third-order valence-corrected chi connectivity index (χ3v) is 2.21. The number of rotatable bonds is 4. The molecule has 1 rings (SSSR count). The zero-order chi connectivity index (χ0) is 11.4. The van der Waals surface area contributed by atoms with Gasteiger partial charge in [0.15, 0.2) is 0 Å². The Morgan fingerprint density at radius 3 is 2.60 bits per heavy atom. The van der Waals surface area contributed by atoms with Crippen LogP contribution in [0.5, 0.6) is 0 Å². The Balaban J connectivity index is 2.57. The van der Waals surface area contributed by atoms with E-state index >= 15 is 0 Å². The maximum absolute atomic E-state index is 11.5. The van der Waals surface area contributed by atoms with E-state index in [1.807, 2.05) is 0 Å². The van der Waals surface area contributed by atoms with Gasteiger partial charge in [0, 0.05) is 5.92 Å². The second kappa shape index (κ2) is 4.54. The topological polar surface area (TPSA) is 108 Å². The average molecular weight is 212 g/mol. The summed E-state index contributed by atoms with van der Waals surface area (Å²) in [5, 5.41) is 17.1. The molecule has 1 aromatic rings. The van der Waals surface area contributed by atoms with Gasteiger partial charge in [0.25, 0.3) is 0 Å². The minimum atomic E-state index is -1.00. The monoisotopic (exact) mass is 212 g/mol. The van der Waals surface area contributed by atoms with Crippen molar-refractivity contribution in [3.8, 4) is 0 Å². The van der Waals surface area contributed by atoms with E-state index in [1.54, 1.807) is 6.92 Å². The number of H-pyrrole nitrogens is 1. The van der Waals surface area contributed by atoms with Crippen LogP contribution in [-0.2, 0) is 9.59 Å². The molecule has 1 amide bonds. The number of carboxylic acids is 1. The lowest BCUT2D eigenvalue weighted by atomic mass is 9.95. The van der Waals surface area contributed by atoms with Crippen LogP contribution in [0.15, 0.2) is 6.33 Å². The number of nitrogens with one attached hydrogen (secondary N) is 2. The third-order valence-electron chi connectivity index (χ3n) is 2.21. The number of anilines is 1. The molecule has 15 heavy (non-hydrogen) atoms. The number of carbonyl (C=O) groups is 2. The van der Waals surface area contributed by atoms with E-state index in [0.717, 1.165) is 0 Å². The standard InChI is InChI=1S/C8H12N4O3/c1-4(5(2)7(14)15)6(13)11-8-9-3-10-12-8/h3-5H,1-2H3,(H,14,15)(H2,9,10,11,12,13). The molecule has 0 aliphatic heterocycles. The van der Waals surface area contributed by atoms with Crippen LogP contribution >= 0.6 is 0 Å². The summed E-state index contributed by atoms with van der Waals surface area (Å²) in [6, 6.07) is 0. The molecule has 0 saturated carbocycles. The molecule has 0 aliphatic rings. The number of aromatic amines is 1. The van der Waals surface area contributed by atoms with Crippen LogP contribution < -0.4 is 5.32 Å². The van der Waals surface area contributed by atoms with Gasteiger partial charge in [-0.15, -0.1) is 0 Å². The summed E-state index contributed by atoms with van der Waals surface area (Å²) in [5.41, 5.74) is 0. The number of carbonyl (C=O) groups excluding carboxylic acids is 1. The normalized spacial score (nSPS) is 14.3. The number of amides is 1. The van der Waals surface area contributed by atoms with Crippen LogP contribution in [0.25, 0.3) is 0 Å². The molecule has 2 unspecified atom stereocenters. The minimum absolute atomic E-state index is 0.212. The molecule has 0 saturated heterocycles. The fourth-order valence-electron chi connectivity index (χ4n) is 0.937. The molecule has 82 valence electrons. The first-order valence-corrected chi connectivity index (χ1v) is 4.41. The van der Waals surface area contributed by atoms with Crippen LogP contribution in [0.1, 0.15) is 13.8 Å². The molecule has 2 atom stereocenters. The van der Waals surface area contributed by atoms with Crippen molar-refractivity contribution in [3.63, 3.8) is 0 Å². The number of carboxylic acid groups (broad SMARTS) is 1. The predicted molar refractivity (Wildman–Crippen MR) is 51.0 cm³/mol. The fraction of sp³-hybridized carbons (Fsp3) is 0.500. The quantitative estimate of drug-likeness (QED) is 0.656. The SMILES string of the molecule is CC(C(=O)O)C(C)C(=O)Nc1ncn[nH]1. The number of nitrogens with zero attached hydrogens (tertiary/aromatic N) is 2. The van der Waals surface area contributed by atoms with Crippen molar-refractivity contribution < 1.29 is 14.7 Å². The summed E-state index contributed by atoms with van der Waals surface area (Å²) in [7, 11) is 0. The van der Waals surface area contributed by atoms with E-state index < -0.39 is 23.7 Å². The van der Waals surface area contributed by atoms with Crippen molar-refractivity contribution >= 4 is 17.8 Å². The summed E-state index contributed by atoms with van der Waals surface area (Å²) >= 11 is 0. The van der Waals surface area contributed by atoms with E-state index in [2.05, 4.69) is 20.5 Å². The van der Waals surface area contributed by atoms with Crippen molar-refractivity contribution in [1.29, 1.82) is 0 Å². The Kier molecular flexibility index (Phi) is 3.37. The first-order chi connectivity index (χ1) is 7.02. The lowest BCUT2D eigenvalue weighted by molar-refractivity contribution is -0.145. The van der Waals surface area contributed by atoms with Crippen LogP contribution in [0, 0.1) is 11.8 Å². The van der Waals surface area contributed by atoms with Crippen LogP contribution in [0.2, 0.25) is 0 Å². The Bertz CT molecular complexity index is 349. The van der Waals surface area contributed by atoms with Crippen molar-refractivity contribution in [2.24, 2.45) is 11.8 Å². The molecule has 0 aromatic carbocycles. The molecule has 0 fully saturated rings. The first-order valence-electron chi connectivity index (χ1n) is 4.41. The van der Waals surface area contributed by atoms with Gasteiger partial charge < -0.3 is 5.11 Å². The molecule has 7 nitrogen and oxygen atoms in total. The van der Waals surface area contributed by atoms with Gasteiger partial charge in [-0.05, 0) is 0 Å². The molecule has 1 heterocycles. The molecular formula is C8H12N4O3. The number of aliphatic carboxylic acids is 1. The largest absolute Gasteiger partial charge is 0.481 e. The van der Waals surface area contributed by atoms with Crippen LogP contribution in [0.4, 0.5) is 5.95 Å². The summed E-state index contributed by atoms with van der Waals surface area (Å²) in [4.78, 5) is 25.8. The number of aromatic nitrogens is 3. The van der Waals surface area contributed by atoms with Gasteiger partial charge in [-0.2, -0.15) is 10.1 Å². The highest BCUT2D eigenvalue weighted by Crippen LogP contribution is 2.12. The molecular weight excluding hydrogens is 200 g/mol. The van der Waals surface area contributed by atoms with Crippen molar-refractivity contribution in [2.75, 3.05) is 5.32 Å². The summed E-state index contributed by atoms with van der Waals surface area (Å²) in [6.07, 6.45) is 1.25. The van der Waals surface area contributed by atoms with Crippen LogP contribution in [-0.4, -0.2) is 32.2 Å². The van der Waals surface area contributed by atoms with Crippen molar-refractivity contribution in [2.45, 2.75) is 13.8 Å². The lowest BCUT2D eigenvalue weighted by Gasteiger charge is -2.14. The molecule has 0 radical (unpaired) electrons. The Morgan fingerprint density at radius 1 is 1.47 bits per heavy atom. The van der Waals surface area contributed by atoms with Gasteiger partial charge in [-0.3, -0.25) is 14.9 Å². The highest BCUT2D eigenvalue weighted by molar-refractivity contribution is 5.93. The van der Waals surface area contributed by atoms with Crippen molar-refractivity contribution in [3.05, 3.63) is 6.33 Å². The Morgan fingerprint density at radius 2 is 2.13 bits per heavy atom. The van der Waals surface area contributed by atoms with Gasteiger partial charge in [0.2, 0.25) is 11.9 Å². The van der Waals surface area contributed by atoms with Crippen LogP contribution in [0.3, 0.4) is 0 Å². The highest BCUT2D eigenvalue weighted by Gasteiger charge is 2.26. The molecule has 0 bridgehead atoms. The van der Waals surface area contributed by atoms with E-state index in [1.165, 1.54) is 13.3 Å². The van der Waals surface area contributed by atoms with Gasteiger partial charge in [-0.1, -0.05) is 13.8 Å². The highest BCUT2D eigenvalue weighted by atomic mass is 16.4. The maximum Gasteiger partial charge on any atom is 0.307 e. The molecule has 3 N–H and O–H groups in total. The van der Waals surface area contributed by atoms with E-state index in [0.29, 0.717) is 0 Å². The minimum Gasteiger partial charge on any atom is -0.481 e. The first kappa shape index (κ1) is 11.2. The van der Waals surface area contributed by atoms with E-state index in [4.69, 9.17) is 5.11 Å². The predicted octanol–water partition coefficient (Wildman–Crippen LogP) is 0.1000. The summed E-state index contributed by atoms with van der Waals surface area (Å²) in [6.45, 7) is 3.03. The van der Waals surface area contributed by atoms with Gasteiger partial charge in [0.05, 0.1) is 5.92 Å². The second-order valence-electron chi connectivity index (χ2n) is 3.24. The summed E-state index contributed by atoms with van der Waals surface area (Å²) < 4.78 is 0. The lowest BCUT2D eigenvalue weighted by Crippen LogP contribution is -2.30. The Hall–Kier alpha value is -1.92. The number of hydrogen-bond donors (Lipinski definition) is 3. The molecule has 7 heteroatoms. The molecule has 0 aliphatic carbocycles. The van der Waals surface area contributed by atoms with Gasteiger partial charge >= 0.3 is 5.97 Å². The maximum atomic E-state index is 11.5. The van der Waals surface area contributed by atoms with Gasteiger partial charge in [-0.25, -0.2) is 5.10 Å². The number of hydrogen-bond acceptors (Lipinski definition) is 4.